The van der Waals surface area contributed by atoms with Gasteiger partial charge >= 0.3 is 0 Å². The molecule has 0 bridgehead atoms. The highest BCUT2D eigenvalue weighted by molar-refractivity contribution is 7.87. The summed E-state index contributed by atoms with van der Waals surface area (Å²) >= 11 is 0. The van der Waals surface area contributed by atoms with Gasteiger partial charge < -0.3 is 5.32 Å². The monoisotopic (exact) mass is 343 g/mol. The van der Waals surface area contributed by atoms with E-state index in [0.29, 0.717) is 5.56 Å². The molecular weight excluding hydrogens is 321 g/mol. The van der Waals surface area contributed by atoms with E-state index in [4.69, 9.17) is 0 Å². The van der Waals surface area contributed by atoms with E-state index in [9.17, 15) is 17.6 Å². The quantitative estimate of drug-likeness (QED) is 0.850. The second kappa shape index (κ2) is 6.18. The van der Waals surface area contributed by atoms with Crippen molar-refractivity contribution in [2.45, 2.75) is 44.8 Å². The molecule has 6 nitrogen and oxygen atoms in total. The lowest BCUT2D eigenvalue weighted by Gasteiger charge is -2.37. The Hall–Kier alpha value is -1.51. The molecular formula is C15H22FN3O3S. The van der Waals surface area contributed by atoms with E-state index in [2.05, 4.69) is 10.0 Å². The summed E-state index contributed by atoms with van der Waals surface area (Å²) in [6, 6.07) is 4.18. The first-order valence-corrected chi connectivity index (χ1v) is 8.76. The van der Waals surface area contributed by atoms with Crippen LogP contribution < -0.4 is 10.0 Å². The minimum absolute atomic E-state index is 0.267. The van der Waals surface area contributed by atoms with Crippen LogP contribution in [0.15, 0.2) is 24.3 Å². The van der Waals surface area contributed by atoms with Crippen LogP contribution in [0.4, 0.5) is 4.39 Å². The van der Waals surface area contributed by atoms with Gasteiger partial charge in [0.25, 0.3) is 10.2 Å². The Bertz CT molecular complexity index is 683. The Labute approximate surface area is 136 Å². The molecule has 1 saturated heterocycles. The minimum Gasteiger partial charge on any atom is -0.350 e. The highest BCUT2D eigenvalue weighted by Crippen LogP contribution is 2.28. The number of nitrogens with one attached hydrogen (secondary N) is 2. The maximum atomic E-state index is 13.0. The lowest BCUT2D eigenvalue weighted by Crippen LogP contribution is -2.59. The van der Waals surface area contributed by atoms with Gasteiger partial charge in [0.05, 0.1) is 0 Å². The Morgan fingerprint density at radius 3 is 2.39 bits per heavy atom. The molecule has 1 amide bonds. The Balaban J connectivity index is 2.28. The number of amides is 1. The van der Waals surface area contributed by atoms with E-state index in [-0.39, 0.29) is 12.3 Å². The first-order valence-electron chi connectivity index (χ1n) is 7.32. The van der Waals surface area contributed by atoms with Crippen molar-refractivity contribution in [1.29, 1.82) is 0 Å². The fourth-order valence-corrected chi connectivity index (χ4v) is 3.75. The molecule has 1 aromatic rings. The Morgan fingerprint density at radius 1 is 1.30 bits per heavy atom. The van der Waals surface area contributed by atoms with E-state index in [1.54, 1.807) is 0 Å². The zero-order valence-electron chi connectivity index (χ0n) is 13.6. The molecule has 1 aliphatic rings. The van der Waals surface area contributed by atoms with Gasteiger partial charge in [0.1, 0.15) is 11.9 Å². The van der Waals surface area contributed by atoms with Crippen molar-refractivity contribution in [1.82, 2.24) is 14.3 Å². The van der Waals surface area contributed by atoms with Crippen molar-refractivity contribution < 1.29 is 17.6 Å². The van der Waals surface area contributed by atoms with Crippen molar-refractivity contribution in [3.8, 4) is 0 Å². The summed E-state index contributed by atoms with van der Waals surface area (Å²) in [5.41, 5.74) is 0.161. The van der Waals surface area contributed by atoms with E-state index in [1.807, 2.05) is 20.8 Å². The van der Waals surface area contributed by atoms with Crippen molar-refractivity contribution in [3.05, 3.63) is 35.6 Å². The third-order valence-electron chi connectivity index (χ3n) is 3.64. The van der Waals surface area contributed by atoms with Crippen LogP contribution in [0.25, 0.3) is 0 Å². The second-order valence-corrected chi connectivity index (χ2v) is 8.50. The number of benzene rings is 1. The van der Waals surface area contributed by atoms with E-state index >= 15 is 0 Å². The lowest BCUT2D eigenvalue weighted by atomic mass is 9.98. The molecule has 0 aromatic heterocycles. The third-order valence-corrected chi connectivity index (χ3v) is 5.24. The molecule has 1 aromatic carbocycles. The number of likely N-dealkylation sites (N-methyl/N-ethyl adjacent to an activating group) is 1. The van der Waals surface area contributed by atoms with Gasteiger partial charge in [0.15, 0.2) is 0 Å². The van der Waals surface area contributed by atoms with Crippen LogP contribution in [-0.4, -0.2) is 37.3 Å². The highest BCUT2D eigenvalue weighted by atomic mass is 32.2. The summed E-state index contributed by atoms with van der Waals surface area (Å²) in [5.74, 6) is -0.747. The normalized spacial score (nSPS) is 25.1. The summed E-state index contributed by atoms with van der Waals surface area (Å²) in [4.78, 5) is 12.4. The number of hydrogen-bond donors (Lipinski definition) is 2. The van der Waals surface area contributed by atoms with Crippen LogP contribution in [-0.2, 0) is 15.0 Å². The average Bonchev–Trinajstić information content (AvgIpc) is 2.40. The molecule has 0 spiro atoms. The van der Waals surface area contributed by atoms with Gasteiger partial charge in [-0.25, -0.2) is 4.39 Å². The molecule has 2 atom stereocenters. The SMILES string of the molecule is CN1[C@@H](C(=O)NC(C)(C)C)C[C@@H](c2ccc(F)cc2)NS1(=O)=O. The van der Waals surface area contributed by atoms with Crippen LogP contribution in [0.3, 0.4) is 0 Å². The molecule has 128 valence electrons. The summed E-state index contributed by atoms with van der Waals surface area (Å²) < 4.78 is 41.2. The van der Waals surface area contributed by atoms with Gasteiger partial charge in [-0.1, -0.05) is 12.1 Å². The maximum Gasteiger partial charge on any atom is 0.280 e. The Kier molecular flexibility index (Phi) is 4.79. The molecule has 23 heavy (non-hydrogen) atoms. The van der Waals surface area contributed by atoms with E-state index < -0.39 is 33.6 Å². The van der Waals surface area contributed by atoms with Crippen molar-refractivity contribution in [3.63, 3.8) is 0 Å². The summed E-state index contributed by atoms with van der Waals surface area (Å²) in [5, 5.41) is 2.81. The minimum atomic E-state index is -3.79. The molecule has 2 rings (SSSR count). The van der Waals surface area contributed by atoms with Crippen molar-refractivity contribution >= 4 is 16.1 Å². The molecule has 0 radical (unpaired) electrons. The molecule has 0 aliphatic carbocycles. The summed E-state index contributed by atoms with van der Waals surface area (Å²) in [7, 11) is -2.42. The van der Waals surface area contributed by atoms with Crippen LogP contribution in [0.1, 0.15) is 38.8 Å². The first-order chi connectivity index (χ1) is 10.5. The summed E-state index contributed by atoms with van der Waals surface area (Å²) in [6.45, 7) is 5.49. The molecule has 2 N–H and O–H groups in total. The van der Waals surface area contributed by atoms with Crippen LogP contribution in [0.5, 0.6) is 0 Å². The van der Waals surface area contributed by atoms with E-state index in [1.165, 1.54) is 31.3 Å². The van der Waals surface area contributed by atoms with Crippen molar-refractivity contribution in [2.24, 2.45) is 0 Å². The second-order valence-electron chi connectivity index (χ2n) is 6.73. The summed E-state index contributed by atoms with van der Waals surface area (Å²) in [6.07, 6.45) is 0.267. The number of nitrogens with zero attached hydrogens (tertiary/aromatic N) is 1. The molecule has 1 fully saturated rings. The van der Waals surface area contributed by atoms with Gasteiger partial charge in [-0.2, -0.15) is 17.4 Å². The molecule has 1 heterocycles. The number of halogens is 1. The zero-order valence-corrected chi connectivity index (χ0v) is 14.4. The predicted octanol–water partition coefficient (Wildman–Crippen LogP) is 1.32. The molecule has 0 saturated carbocycles. The zero-order chi connectivity index (χ0) is 17.4. The molecule has 1 aliphatic heterocycles. The van der Waals surface area contributed by atoms with Crippen molar-refractivity contribution in [2.75, 3.05) is 7.05 Å². The van der Waals surface area contributed by atoms with Gasteiger partial charge in [-0.05, 0) is 44.9 Å². The fourth-order valence-electron chi connectivity index (χ4n) is 2.47. The van der Waals surface area contributed by atoms with E-state index in [0.717, 1.165) is 4.31 Å². The predicted molar refractivity (Wildman–Crippen MR) is 85.3 cm³/mol. The van der Waals surface area contributed by atoms with Gasteiger partial charge in [-0.3, -0.25) is 4.79 Å². The van der Waals surface area contributed by atoms with Crippen LogP contribution in [0, 0.1) is 5.82 Å². The molecule has 0 unspecified atom stereocenters. The maximum absolute atomic E-state index is 13.0. The number of hydrogen-bond acceptors (Lipinski definition) is 3. The highest BCUT2D eigenvalue weighted by Gasteiger charge is 2.41. The first kappa shape index (κ1) is 17.8. The van der Waals surface area contributed by atoms with Gasteiger partial charge in [0.2, 0.25) is 5.91 Å². The van der Waals surface area contributed by atoms with Gasteiger partial charge in [0, 0.05) is 18.6 Å². The molecule has 8 heteroatoms. The standard InChI is InChI=1S/C15H22FN3O3S/c1-15(2,3)17-14(20)13-9-12(18-23(21,22)19(13)4)10-5-7-11(16)8-6-10/h5-8,12-13,18H,9H2,1-4H3,(H,17,20)/t12-,13+/m0/s1. The third kappa shape index (κ3) is 4.27. The number of carbonyl (C=O) groups excluding carboxylic acids is 1. The number of carbonyl (C=O) groups is 1. The largest absolute Gasteiger partial charge is 0.350 e. The topological polar surface area (TPSA) is 78.5 Å². The lowest BCUT2D eigenvalue weighted by molar-refractivity contribution is -0.126. The Morgan fingerprint density at radius 2 is 1.87 bits per heavy atom. The van der Waals surface area contributed by atoms with Crippen LogP contribution in [0.2, 0.25) is 0 Å². The average molecular weight is 343 g/mol. The fraction of sp³-hybridized carbons (Fsp3) is 0.533. The van der Waals surface area contributed by atoms with Crippen LogP contribution >= 0.6 is 0 Å². The number of rotatable bonds is 2. The van der Waals surface area contributed by atoms with Gasteiger partial charge in [-0.15, -0.1) is 0 Å². The smallest absolute Gasteiger partial charge is 0.280 e.